The maximum absolute atomic E-state index is 13.1. The van der Waals surface area contributed by atoms with Crippen LogP contribution in [-0.2, 0) is 0 Å². The summed E-state index contributed by atoms with van der Waals surface area (Å²) in [6.45, 7) is 8.31. The topological polar surface area (TPSA) is 30.0 Å². The first-order valence-corrected chi connectivity index (χ1v) is 9.96. The SMILES string of the molecule is Cc1cccc(N2CCN(C(=O)N3CCN(c4ccc(F)cc4)CC3)CC2)c1. The van der Waals surface area contributed by atoms with Crippen LogP contribution in [0.5, 0.6) is 0 Å². The van der Waals surface area contributed by atoms with Crippen LogP contribution in [0.15, 0.2) is 48.5 Å². The molecule has 2 aromatic carbocycles. The number of benzene rings is 2. The number of anilines is 2. The monoisotopic (exact) mass is 382 g/mol. The number of hydrogen-bond donors (Lipinski definition) is 0. The normalized spacial score (nSPS) is 17.8. The van der Waals surface area contributed by atoms with E-state index in [1.807, 2.05) is 9.80 Å². The highest BCUT2D eigenvalue weighted by molar-refractivity contribution is 5.75. The Morgan fingerprint density at radius 3 is 1.82 bits per heavy atom. The molecule has 0 radical (unpaired) electrons. The number of hydrogen-bond acceptors (Lipinski definition) is 3. The van der Waals surface area contributed by atoms with Gasteiger partial charge in [-0.25, -0.2) is 9.18 Å². The number of amides is 2. The van der Waals surface area contributed by atoms with Crippen molar-refractivity contribution in [3.8, 4) is 0 Å². The maximum atomic E-state index is 13.1. The van der Waals surface area contributed by atoms with E-state index >= 15 is 0 Å². The number of rotatable bonds is 2. The van der Waals surface area contributed by atoms with E-state index in [4.69, 9.17) is 0 Å². The van der Waals surface area contributed by atoms with Gasteiger partial charge in [0.15, 0.2) is 0 Å². The Morgan fingerprint density at radius 1 is 0.750 bits per heavy atom. The van der Waals surface area contributed by atoms with Gasteiger partial charge in [-0.3, -0.25) is 0 Å². The van der Waals surface area contributed by atoms with E-state index in [1.54, 1.807) is 12.1 Å². The first kappa shape index (κ1) is 18.6. The molecule has 28 heavy (non-hydrogen) atoms. The van der Waals surface area contributed by atoms with Crippen LogP contribution < -0.4 is 9.80 Å². The van der Waals surface area contributed by atoms with Gasteiger partial charge in [0.1, 0.15) is 5.82 Å². The summed E-state index contributed by atoms with van der Waals surface area (Å²) in [5.41, 5.74) is 3.51. The Morgan fingerprint density at radius 2 is 1.29 bits per heavy atom. The Bertz CT molecular complexity index is 810. The van der Waals surface area contributed by atoms with E-state index in [-0.39, 0.29) is 11.8 Å². The molecule has 2 heterocycles. The standard InChI is InChI=1S/C22H27FN4O/c1-18-3-2-4-21(17-18)25-11-15-27(16-12-25)22(28)26-13-9-24(10-14-26)20-7-5-19(23)6-8-20/h2-8,17H,9-16H2,1H3. The molecule has 5 nitrogen and oxygen atoms in total. The zero-order valence-corrected chi connectivity index (χ0v) is 16.4. The van der Waals surface area contributed by atoms with Gasteiger partial charge in [0, 0.05) is 63.7 Å². The lowest BCUT2D eigenvalue weighted by atomic mass is 10.2. The third kappa shape index (κ3) is 4.06. The number of nitrogens with zero attached hydrogens (tertiary/aromatic N) is 4. The van der Waals surface area contributed by atoms with Crippen LogP contribution in [0.3, 0.4) is 0 Å². The second-order valence-corrected chi connectivity index (χ2v) is 7.55. The van der Waals surface area contributed by atoms with Crippen molar-refractivity contribution in [3.05, 3.63) is 59.9 Å². The molecule has 4 rings (SSSR count). The molecule has 2 amide bonds. The van der Waals surface area contributed by atoms with Crippen LogP contribution >= 0.6 is 0 Å². The first-order valence-electron chi connectivity index (χ1n) is 9.96. The lowest BCUT2D eigenvalue weighted by Crippen LogP contribution is -2.57. The maximum Gasteiger partial charge on any atom is 0.320 e. The average molecular weight is 382 g/mol. The third-order valence-electron chi connectivity index (χ3n) is 5.66. The van der Waals surface area contributed by atoms with Crippen molar-refractivity contribution < 1.29 is 9.18 Å². The Kier molecular flexibility index (Phi) is 5.37. The van der Waals surface area contributed by atoms with Crippen LogP contribution in [0.2, 0.25) is 0 Å². The summed E-state index contributed by atoms with van der Waals surface area (Å²) >= 11 is 0. The van der Waals surface area contributed by atoms with Crippen LogP contribution in [0.4, 0.5) is 20.6 Å². The summed E-state index contributed by atoms with van der Waals surface area (Å²) in [5, 5.41) is 0. The smallest absolute Gasteiger partial charge is 0.320 e. The average Bonchev–Trinajstić information content (AvgIpc) is 2.74. The van der Waals surface area contributed by atoms with Crippen molar-refractivity contribution >= 4 is 17.4 Å². The summed E-state index contributed by atoms with van der Waals surface area (Å²) in [5.74, 6) is -0.220. The van der Waals surface area contributed by atoms with Crippen molar-refractivity contribution in [1.29, 1.82) is 0 Å². The second kappa shape index (κ2) is 8.09. The molecule has 2 saturated heterocycles. The van der Waals surface area contributed by atoms with Crippen LogP contribution in [0, 0.1) is 12.7 Å². The van der Waals surface area contributed by atoms with Crippen molar-refractivity contribution in [2.75, 3.05) is 62.2 Å². The van der Waals surface area contributed by atoms with Crippen molar-refractivity contribution in [2.45, 2.75) is 6.92 Å². The van der Waals surface area contributed by atoms with Gasteiger partial charge in [-0.1, -0.05) is 12.1 Å². The highest BCUT2D eigenvalue weighted by atomic mass is 19.1. The van der Waals surface area contributed by atoms with Gasteiger partial charge >= 0.3 is 6.03 Å². The molecule has 2 aliphatic rings. The van der Waals surface area contributed by atoms with E-state index < -0.39 is 0 Å². The predicted octanol–water partition coefficient (Wildman–Crippen LogP) is 3.20. The molecule has 6 heteroatoms. The molecule has 148 valence electrons. The summed E-state index contributed by atoms with van der Waals surface area (Å²) in [4.78, 5) is 21.4. The molecule has 0 atom stereocenters. The molecule has 0 spiro atoms. The van der Waals surface area contributed by atoms with E-state index in [9.17, 15) is 9.18 Å². The fourth-order valence-electron chi connectivity index (χ4n) is 3.99. The molecule has 0 saturated carbocycles. The largest absolute Gasteiger partial charge is 0.368 e. The molecule has 2 fully saturated rings. The predicted molar refractivity (Wildman–Crippen MR) is 111 cm³/mol. The number of piperazine rings is 2. The summed E-state index contributed by atoms with van der Waals surface area (Å²) in [6, 6.07) is 15.3. The highest BCUT2D eigenvalue weighted by Gasteiger charge is 2.28. The molecule has 2 aliphatic heterocycles. The molecule has 0 aliphatic carbocycles. The third-order valence-corrected chi connectivity index (χ3v) is 5.66. The van der Waals surface area contributed by atoms with Crippen molar-refractivity contribution in [1.82, 2.24) is 9.80 Å². The number of halogens is 1. The number of carbonyl (C=O) groups excluding carboxylic acids is 1. The summed E-state index contributed by atoms with van der Waals surface area (Å²) in [6.07, 6.45) is 0. The van der Waals surface area contributed by atoms with E-state index in [1.165, 1.54) is 23.4 Å². The number of urea groups is 1. The molecule has 0 bridgehead atoms. The van der Waals surface area contributed by atoms with Gasteiger partial charge in [0.2, 0.25) is 0 Å². The zero-order chi connectivity index (χ0) is 19.5. The second-order valence-electron chi connectivity index (χ2n) is 7.55. The Hall–Kier alpha value is -2.76. The van der Waals surface area contributed by atoms with Gasteiger partial charge in [-0.15, -0.1) is 0 Å². The fraction of sp³-hybridized carbons (Fsp3) is 0.409. The molecular formula is C22H27FN4O. The highest BCUT2D eigenvalue weighted by Crippen LogP contribution is 2.20. The minimum Gasteiger partial charge on any atom is -0.368 e. The molecule has 0 unspecified atom stereocenters. The molecule has 0 N–H and O–H groups in total. The van der Waals surface area contributed by atoms with Gasteiger partial charge in [-0.2, -0.15) is 0 Å². The van der Waals surface area contributed by atoms with Crippen molar-refractivity contribution in [3.63, 3.8) is 0 Å². The molecular weight excluding hydrogens is 355 g/mol. The van der Waals surface area contributed by atoms with E-state index in [2.05, 4.69) is 41.0 Å². The number of carbonyl (C=O) groups is 1. The quantitative estimate of drug-likeness (QED) is 0.799. The van der Waals surface area contributed by atoms with Gasteiger partial charge in [0.25, 0.3) is 0 Å². The minimum absolute atomic E-state index is 0.141. The van der Waals surface area contributed by atoms with Crippen molar-refractivity contribution in [2.24, 2.45) is 0 Å². The summed E-state index contributed by atoms with van der Waals surface area (Å²) in [7, 11) is 0. The lowest BCUT2D eigenvalue weighted by molar-refractivity contribution is 0.147. The first-order chi connectivity index (χ1) is 13.6. The van der Waals surface area contributed by atoms with Crippen LogP contribution in [0.1, 0.15) is 5.56 Å². The minimum atomic E-state index is -0.220. The Labute approximate surface area is 165 Å². The summed E-state index contributed by atoms with van der Waals surface area (Å²) < 4.78 is 13.1. The van der Waals surface area contributed by atoms with Crippen LogP contribution in [-0.4, -0.2) is 68.2 Å². The van der Waals surface area contributed by atoms with Gasteiger partial charge in [-0.05, 0) is 48.9 Å². The lowest BCUT2D eigenvalue weighted by Gasteiger charge is -2.41. The van der Waals surface area contributed by atoms with Crippen LogP contribution in [0.25, 0.3) is 0 Å². The number of aryl methyl sites for hydroxylation is 1. The molecule has 0 aromatic heterocycles. The van der Waals surface area contributed by atoms with E-state index in [0.717, 1.165) is 45.0 Å². The van der Waals surface area contributed by atoms with Gasteiger partial charge in [0.05, 0.1) is 0 Å². The molecule has 2 aromatic rings. The Balaban J connectivity index is 1.28. The van der Waals surface area contributed by atoms with E-state index in [0.29, 0.717) is 13.1 Å². The van der Waals surface area contributed by atoms with Gasteiger partial charge < -0.3 is 19.6 Å². The fourth-order valence-corrected chi connectivity index (χ4v) is 3.99. The zero-order valence-electron chi connectivity index (χ0n) is 16.4.